The number of terminal acetylenes is 2. The largest absolute Gasteiger partial charge is 0.507 e. The first-order valence-corrected chi connectivity index (χ1v) is 42.8. The van der Waals surface area contributed by atoms with Crippen LogP contribution in [0.25, 0.3) is 21.1 Å². The van der Waals surface area contributed by atoms with Gasteiger partial charge in [0.15, 0.2) is 11.5 Å². The summed E-state index contributed by atoms with van der Waals surface area (Å²) >= 11 is 1.51. The minimum Gasteiger partial charge on any atom is -0.507 e. The van der Waals surface area contributed by atoms with E-state index in [9.17, 15) is 20.4 Å². The van der Waals surface area contributed by atoms with Gasteiger partial charge in [0.05, 0.1) is 9.75 Å². The van der Waals surface area contributed by atoms with Crippen LogP contribution in [0.3, 0.4) is 0 Å². The van der Waals surface area contributed by atoms with Crippen LogP contribution < -0.4 is 18.9 Å². The molecule has 0 saturated carbocycles. The van der Waals surface area contributed by atoms with Gasteiger partial charge in [-0.2, -0.15) is 0 Å². The molecule has 119 heavy (non-hydrogen) atoms. The first-order valence-electron chi connectivity index (χ1n) is 41.9. The molecule has 16 bridgehead atoms. The Labute approximate surface area is 711 Å². The number of phenols is 4. The van der Waals surface area contributed by atoms with Gasteiger partial charge in [0.25, 0.3) is 0 Å². The molecule has 3 heterocycles. The molecule has 0 saturated heterocycles. The third kappa shape index (κ3) is 19.0. The number of fused-ring (bicyclic) bond motifs is 16. The summed E-state index contributed by atoms with van der Waals surface area (Å²) in [5, 5.41) is 61.0. The van der Waals surface area contributed by atoms with Crippen molar-refractivity contribution in [1.82, 2.24) is 10.3 Å². The molecule has 2 aliphatic carbocycles. The molecule has 8 aromatic carbocycles. The van der Waals surface area contributed by atoms with E-state index in [1.807, 2.05) is 24.3 Å². The van der Waals surface area contributed by atoms with E-state index in [-0.39, 0.29) is 92.7 Å². The minimum absolute atomic E-state index is 0.0217. The van der Waals surface area contributed by atoms with E-state index in [1.54, 1.807) is 0 Å². The van der Waals surface area contributed by atoms with Gasteiger partial charge in [-0.3, -0.25) is 0 Å². The number of rotatable bonds is 12. The van der Waals surface area contributed by atoms with Gasteiger partial charge in [-0.1, -0.05) is 285 Å². The van der Waals surface area contributed by atoms with Crippen molar-refractivity contribution in [3.05, 3.63) is 266 Å². The molecule has 13 heteroatoms. The second-order valence-corrected chi connectivity index (χ2v) is 42.6. The number of hydrogen-bond donors (Lipinski definition) is 4. The fourth-order valence-electron chi connectivity index (χ4n) is 16.2. The summed E-state index contributed by atoms with van der Waals surface area (Å²) in [7, 11) is 0. The van der Waals surface area contributed by atoms with E-state index in [0.717, 1.165) is 143 Å². The Morgan fingerprint density at radius 3 is 0.639 bits per heavy atom. The molecule has 11 aromatic rings. The molecular formula is C106H122N2O10S. The van der Waals surface area contributed by atoms with Gasteiger partial charge in [-0.15, -0.1) is 24.2 Å². The van der Waals surface area contributed by atoms with Crippen LogP contribution in [0.4, 0.5) is 0 Å². The number of benzene rings is 8. The predicted molar refractivity (Wildman–Crippen MR) is 483 cm³/mol. The van der Waals surface area contributed by atoms with Crippen molar-refractivity contribution in [2.75, 3.05) is 13.2 Å². The average Bonchev–Trinajstić information content (AvgIpc) is 1.05. The average molecular weight is 1620 g/mol. The van der Waals surface area contributed by atoms with Crippen molar-refractivity contribution in [3.8, 4) is 91.8 Å². The Hall–Kier alpha value is -10.6. The molecule has 622 valence electrons. The van der Waals surface area contributed by atoms with E-state index >= 15 is 0 Å². The van der Waals surface area contributed by atoms with E-state index in [1.165, 1.54) is 11.3 Å². The number of hydrogen-bond acceptors (Lipinski definition) is 13. The van der Waals surface area contributed by atoms with Gasteiger partial charge in [-0.25, -0.2) is 0 Å². The molecule has 0 fully saturated rings. The Balaban J connectivity index is 0.851. The molecule has 0 atom stereocenters. The Kier molecular flexibility index (Phi) is 23.3. The van der Waals surface area contributed by atoms with Gasteiger partial charge in [0.1, 0.15) is 83.8 Å². The zero-order valence-electron chi connectivity index (χ0n) is 74.7. The summed E-state index contributed by atoms with van der Waals surface area (Å²) in [5.41, 5.74) is 20.8. The summed E-state index contributed by atoms with van der Waals surface area (Å²) < 4.78 is 40.1. The zero-order valence-corrected chi connectivity index (χ0v) is 75.5. The van der Waals surface area contributed by atoms with Gasteiger partial charge in [-0.05, 0) is 189 Å². The molecule has 12 nitrogen and oxygen atoms in total. The number of thiophene rings is 1. The molecule has 0 amide bonds. The number of phenolic OH excluding ortho intramolecular Hbond substituents is 4. The third-order valence-corrected chi connectivity index (χ3v) is 24.7. The lowest BCUT2D eigenvalue weighted by atomic mass is 9.79. The second kappa shape index (κ2) is 32.2. The van der Waals surface area contributed by atoms with Crippen LogP contribution in [0.5, 0.6) is 46.0 Å². The molecule has 0 unspecified atom stereocenters. The van der Waals surface area contributed by atoms with Gasteiger partial charge in [0.2, 0.25) is 0 Å². The number of ether oxygens (including phenoxy) is 4. The molecular weight excluding hydrogens is 1490 g/mol. The summed E-state index contributed by atoms with van der Waals surface area (Å²) in [5.74, 6) is 9.82. The number of aromatic hydroxyl groups is 4. The SMILES string of the molecule is C#CCOc1c2cc(C(C)(C)C)cc1Cc1cc(C(C)(C)C)cc(c1O)Cc1cc(C(C)(C)C)cc(c1OCc1cc(-c3ccc(-c4cc(COc5c6cc(C(C)(C)C)cc5Cc5cc(C(C)(C)C)cc(c5O)Cc5cc(C(C)(C)C)cc(c5OCC#C)Cc5cc(C(C)(C)C)cc(c5O)C6)on4)s3)no1)Cc1cc(C(C)(C)C)cc(c1O)C2. The van der Waals surface area contributed by atoms with Crippen LogP contribution in [-0.2, 0) is 108 Å². The number of nitrogens with zero attached hydrogens (tertiary/aromatic N) is 2. The maximum absolute atomic E-state index is 12.9. The Morgan fingerprint density at radius 1 is 0.286 bits per heavy atom. The maximum atomic E-state index is 12.9. The monoisotopic (exact) mass is 1610 g/mol. The summed E-state index contributed by atoms with van der Waals surface area (Å²) in [6, 6.07) is 42.6. The molecule has 2 aliphatic rings. The van der Waals surface area contributed by atoms with Crippen LogP contribution >= 0.6 is 11.3 Å². The standard InChI is InChI=1S/C106H122N2O10S/c1-27-31-113-95-69-33-61-41-77(99(3,4)5)45-65(91(61)109)37-73-53-83(105(21,22)23)54-74(38-66-46-78(100(6,7)8)42-62(92(66)110)34-70(95)50-81(49-69)103(15,16)17)97(73)115-59-85-57-87(107-117-85)89-29-30-90(119-89)88-58-86(118-108-88)60-116-98-75-39-67-47-79(101(9,10)11)43-63(93(67)111)35-71-51-82(104(18,19)20)52-72(96(71)114-32-28-2)36-64-44-80(102(12,13)14)48-68(94(64)112)40-76(98)56-84(55-75)106(24,25)26/h1-2,29-30,41-58,109-112H,31-40,59-60H2,3-26H3. The van der Waals surface area contributed by atoms with Crippen LogP contribution in [0.2, 0.25) is 0 Å². The minimum atomic E-state index is -0.307. The highest BCUT2D eigenvalue weighted by Crippen LogP contribution is 2.49. The first kappa shape index (κ1) is 86.3. The lowest BCUT2D eigenvalue weighted by Gasteiger charge is -2.28. The molecule has 4 N–H and O–H groups in total. The van der Waals surface area contributed by atoms with E-state index in [4.69, 9.17) is 40.8 Å². The molecule has 13 rings (SSSR count). The lowest BCUT2D eigenvalue weighted by Crippen LogP contribution is -2.16. The first-order chi connectivity index (χ1) is 55.5. The van der Waals surface area contributed by atoms with Crippen LogP contribution in [0.15, 0.2) is 130 Å². The van der Waals surface area contributed by atoms with Crippen LogP contribution in [0.1, 0.15) is 311 Å². The highest BCUT2D eigenvalue weighted by molar-refractivity contribution is 7.18. The van der Waals surface area contributed by atoms with E-state index in [0.29, 0.717) is 97.3 Å². The summed E-state index contributed by atoms with van der Waals surface area (Å²) in [4.78, 5) is 1.68. The van der Waals surface area contributed by atoms with Crippen molar-refractivity contribution in [2.45, 2.75) is 274 Å². The van der Waals surface area contributed by atoms with Gasteiger partial charge < -0.3 is 48.4 Å². The van der Waals surface area contributed by atoms with Crippen LogP contribution in [-0.4, -0.2) is 44.0 Å². The van der Waals surface area contributed by atoms with Gasteiger partial charge >= 0.3 is 0 Å². The van der Waals surface area contributed by atoms with E-state index in [2.05, 4.69) is 285 Å². The highest BCUT2D eigenvalue weighted by Gasteiger charge is 2.34. The molecule has 0 spiro atoms. The molecule has 0 aliphatic heterocycles. The van der Waals surface area contributed by atoms with Crippen molar-refractivity contribution >= 4 is 11.3 Å². The predicted octanol–water partition coefficient (Wildman–Crippen LogP) is 24.8. The Morgan fingerprint density at radius 2 is 0.462 bits per heavy atom. The topological polar surface area (TPSA) is 170 Å². The molecule has 3 aromatic heterocycles. The normalized spacial score (nSPS) is 13.7. The molecule has 0 radical (unpaired) electrons. The smallest absolute Gasteiger partial charge is 0.174 e. The van der Waals surface area contributed by atoms with Crippen molar-refractivity contribution in [1.29, 1.82) is 0 Å². The second-order valence-electron chi connectivity index (χ2n) is 41.6. The van der Waals surface area contributed by atoms with Crippen LogP contribution in [0, 0.1) is 24.7 Å². The highest BCUT2D eigenvalue weighted by atomic mass is 32.1. The fraction of sp³-hybridized carbons (Fsp3) is 0.415. The van der Waals surface area contributed by atoms with Gasteiger partial charge in [0, 0.05) is 63.5 Å². The van der Waals surface area contributed by atoms with Crippen molar-refractivity contribution in [2.24, 2.45) is 0 Å². The number of aromatic nitrogens is 2. The third-order valence-electron chi connectivity index (χ3n) is 23.6. The maximum Gasteiger partial charge on any atom is 0.174 e. The fourth-order valence-corrected chi connectivity index (χ4v) is 17.1. The zero-order chi connectivity index (χ0) is 86.3. The van der Waals surface area contributed by atoms with Crippen molar-refractivity contribution in [3.63, 3.8) is 0 Å². The quantitative estimate of drug-likeness (QED) is 0.0855. The summed E-state index contributed by atoms with van der Waals surface area (Å²) in [6.07, 6.45) is 14.6. The van der Waals surface area contributed by atoms with E-state index < -0.39 is 0 Å². The lowest BCUT2D eigenvalue weighted by molar-refractivity contribution is 0.246. The van der Waals surface area contributed by atoms with Crippen molar-refractivity contribution < 1.29 is 48.4 Å². The summed E-state index contributed by atoms with van der Waals surface area (Å²) in [6.45, 7) is 53.0. The Bertz CT molecular complexity index is 5210.